The van der Waals surface area contributed by atoms with Crippen LogP contribution in [0.4, 0.5) is 0 Å². The summed E-state index contributed by atoms with van der Waals surface area (Å²) in [6, 6.07) is 12.9. The van der Waals surface area contributed by atoms with E-state index in [2.05, 4.69) is 21.3 Å². The summed E-state index contributed by atoms with van der Waals surface area (Å²) in [7, 11) is 0. The van der Waals surface area contributed by atoms with E-state index >= 15 is 0 Å². The number of carbonyl (C=O) groups excluding carboxylic acids is 3. The minimum atomic E-state index is -0.890. The Kier molecular flexibility index (Phi) is 6.35. The van der Waals surface area contributed by atoms with Gasteiger partial charge in [0, 0.05) is 49.7 Å². The number of benzene rings is 2. The van der Waals surface area contributed by atoms with Crippen molar-refractivity contribution < 1.29 is 24.2 Å². The first kappa shape index (κ1) is 25.5. The number of aromatic nitrogens is 1. The highest BCUT2D eigenvalue weighted by molar-refractivity contribution is 6.05. The minimum absolute atomic E-state index is 0.0289. The molecule has 39 heavy (non-hydrogen) atoms. The van der Waals surface area contributed by atoms with Gasteiger partial charge in [-0.3, -0.25) is 29.6 Å². The van der Waals surface area contributed by atoms with Crippen LogP contribution in [0.3, 0.4) is 0 Å². The number of piperidine rings is 1. The average Bonchev–Trinajstić information content (AvgIpc) is 3.46. The molecule has 6 rings (SSSR count). The number of hydrogen-bond acceptors (Lipinski definition) is 7. The van der Waals surface area contributed by atoms with Crippen LogP contribution in [0.1, 0.15) is 60.3 Å². The van der Waals surface area contributed by atoms with Gasteiger partial charge in [0.15, 0.2) is 0 Å². The van der Waals surface area contributed by atoms with Crippen LogP contribution in [0.5, 0.6) is 5.75 Å². The van der Waals surface area contributed by atoms with E-state index in [9.17, 15) is 19.5 Å². The highest BCUT2D eigenvalue weighted by atomic mass is 16.5. The van der Waals surface area contributed by atoms with Crippen molar-refractivity contribution in [3.05, 3.63) is 71.0 Å². The first-order chi connectivity index (χ1) is 18.6. The maximum atomic E-state index is 12.9. The number of pyridine rings is 1. The molecule has 2 saturated heterocycles. The number of carbonyl (C=O) groups is 3. The molecule has 1 aromatic heterocycles. The smallest absolute Gasteiger partial charge is 0.255 e. The number of imide groups is 1. The number of hydrogen-bond donors (Lipinski definition) is 2. The number of aliphatic hydroxyl groups is 1. The quantitative estimate of drug-likeness (QED) is 0.473. The molecule has 3 amide bonds. The van der Waals surface area contributed by atoms with Crippen LogP contribution < -0.4 is 10.1 Å². The summed E-state index contributed by atoms with van der Waals surface area (Å²) in [5.74, 6) is -0.171. The Morgan fingerprint density at radius 3 is 2.72 bits per heavy atom. The van der Waals surface area contributed by atoms with Crippen molar-refractivity contribution in [1.82, 2.24) is 20.1 Å². The molecule has 3 aromatic rings. The van der Waals surface area contributed by atoms with Gasteiger partial charge in [-0.1, -0.05) is 12.1 Å². The van der Waals surface area contributed by atoms with Gasteiger partial charge < -0.3 is 14.7 Å². The molecule has 4 heterocycles. The summed E-state index contributed by atoms with van der Waals surface area (Å²) in [6.07, 6.45) is 3.37. The van der Waals surface area contributed by atoms with Crippen LogP contribution >= 0.6 is 0 Å². The second-order valence-corrected chi connectivity index (χ2v) is 11.3. The van der Waals surface area contributed by atoms with E-state index in [1.807, 2.05) is 36.5 Å². The van der Waals surface area contributed by atoms with E-state index in [1.54, 1.807) is 24.8 Å². The first-order valence-corrected chi connectivity index (χ1v) is 13.4. The topological polar surface area (TPSA) is 112 Å². The maximum Gasteiger partial charge on any atom is 0.255 e. The van der Waals surface area contributed by atoms with Crippen molar-refractivity contribution in [2.75, 3.05) is 13.1 Å². The number of amides is 3. The van der Waals surface area contributed by atoms with E-state index in [1.165, 1.54) is 0 Å². The fraction of sp³-hybridized carbons (Fsp3) is 0.400. The molecule has 2 atom stereocenters. The van der Waals surface area contributed by atoms with Crippen molar-refractivity contribution in [2.45, 2.75) is 63.9 Å². The van der Waals surface area contributed by atoms with Crippen molar-refractivity contribution in [3.63, 3.8) is 0 Å². The van der Waals surface area contributed by atoms with E-state index < -0.39 is 17.6 Å². The van der Waals surface area contributed by atoms with Crippen molar-refractivity contribution in [1.29, 1.82) is 0 Å². The van der Waals surface area contributed by atoms with Gasteiger partial charge in [0.25, 0.3) is 5.91 Å². The predicted octanol–water partition coefficient (Wildman–Crippen LogP) is 2.88. The summed E-state index contributed by atoms with van der Waals surface area (Å²) < 4.78 is 6.30. The maximum absolute atomic E-state index is 12.9. The van der Waals surface area contributed by atoms with Gasteiger partial charge in [0.1, 0.15) is 17.9 Å². The van der Waals surface area contributed by atoms with Crippen LogP contribution in [0, 0.1) is 0 Å². The molecule has 2 aromatic carbocycles. The largest absolute Gasteiger partial charge is 0.489 e. The minimum Gasteiger partial charge on any atom is -0.489 e. The normalized spacial score (nSPS) is 21.9. The highest BCUT2D eigenvalue weighted by Crippen LogP contribution is 2.31. The molecule has 0 aliphatic carbocycles. The van der Waals surface area contributed by atoms with Crippen molar-refractivity contribution in [3.8, 4) is 5.75 Å². The monoisotopic (exact) mass is 528 g/mol. The van der Waals surface area contributed by atoms with Gasteiger partial charge in [0.05, 0.1) is 11.3 Å². The van der Waals surface area contributed by atoms with Crippen LogP contribution in [-0.4, -0.2) is 62.8 Å². The lowest BCUT2D eigenvalue weighted by molar-refractivity contribution is -0.136. The summed E-state index contributed by atoms with van der Waals surface area (Å²) in [4.78, 5) is 45.3. The van der Waals surface area contributed by atoms with Gasteiger partial charge in [-0.15, -0.1) is 0 Å². The third kappa shape index (κ3) is 5.12. The van der Waals surface area contributed by atoms with Gasteiger partial charge >= 0.3 is 0 Å². The summed E-state index contributed by atoms with van der Waals surface area (Å²) in [5.41, 5.74) is 2.38. The Morgan fingerprint density at radius 2 is 1.92 bits per heavy atom. The van der Waals surface area contributed by atoms with E-state index in [4.69, 9.17) is 4.74 Å². The molecule has 2 N–H and O–H groups in total. The number of nitrogens with zero attached hydrogens (tertiary/aromatic N) is 3. The summed E-state index contributed by atoms with van der Waals surface area (Å²) in [5, 5.41) is 14.7. The zero-order chi connectivity index (χ0) is 27.3. The van der Waals surface area contributed by atoms with Crippen molar-refractivity contribution in [2.24, 2.45) is 0 Å². The second-order valence-electron chi connectivity index (χ2n) is 11.3. The van der Waals surface area contributed by atoms with Crippen LogP contribution in [0.2, 0.25) is 0 Å². The van der Waals surface area contributed by atoms with Gasteiger partial charge in [0.2, 0.25) is 11.8 Å². The lowest BCUT2D eigenvalue weighted by Crippen LogP contribution is -2.52. The number of nitrogens with one attached hydrogen (secondary N) is 1. The molecule has 9 heteroatoms. The van der Waals surface area contributed by atoms with Gasteiger partial charge in [-0.25, -0.2) is 0 Å². The first-order valence-electron chi connectivity index (χ1n) is 13.4. The molecule has 2 fully saturated rings. The van der Waals surface area contributed by atoms with E-state index in [-0.39, 0.29) is 24.3 Å². The Labute approximate surface area is 226 Å². The highest BCUT2D eigenvalue weighted by Gasteiger charge is 2.39. The van der Waals surface area contributed by atoms with Crippen LogP contribution in [-0.2, 0) is 28.3 Å². The standard InChI is InChI=1S/C30H32N4O5/c1-30(2,38)21-4-3-18-12-22(31-14-19(18)11-21)16-33-10-9-24(17-33)39-23-5-6-25-20(13-23)15-34(29(25)37)26-7-8-27(35)32-28(26)36/h3-6,11-14,24,26,38H,7-10,15-17H2,1-2H3,(H,32,35,36). The number of likely N-dealkylation sites (tertiary alicyclic amines) is 1. The second kappa shape index (κ2) is 9.73. The Morgan fingerprint density at radius 1 is 1.08 bits per heavy atom. The average molecular weight is 529 g/mol. The summed E-state index contributed by atoms with van der Waals surface area (Å²) >= 11 is 0. The Balaban J connectivity index is 1.07. The summed E-state index contributed by atoms with van der Waals surface area (Å²) in [6.45, 7) is 6.28. The Bertz CT molecular complexity index is 1480. The molecular weight excluding hydrogens is 496 g/mol. The molecule has 3 aliphatic heterocycles. The predicted molar refractivity (Wildman–Crippen MR) is 144 cm³/mol. The van der Waals surface area contributed by atoms with Gasteiger partial charge in [-0.2, -0.15) is 0 Å². The third-order valence-corrected chi connectivity index (χ3v) is 7.90. The van der Waals surface area contributed by atoms with Crippen LogP contribution in [0.25, 0.3) is 10.8 Å². The molecule has 0 saturated carbocycles. The lowest BCUT2D eigenvalue weighted by Gasteiger charge is -2.29. The molecule has 202 valence electrons. The SMILES string of the molecule is CC(C)(O)c1ccc2cc(CN3CCC(Oc4ccc5c(c4)CN(C4CCC(=O)NC4=O)C5=O)C3)ncc2c1. The fourth-order valence-electron chi connectivity index (χ4n) is 5.74. The lowest BCUT2D eigenvalue weighted by atomic mass is 9.96. The Hall–Kier alpha value is -3.82. The van der Waals surface area contributed by atoms with Gasteiger partial charge in [-0.05, 0) is 73.5 Å². The molecule has 0 bridgehead atoms. The fourth-order valence-corrected chi connectivity index (χ4v) is 5.74. The molecule has 0 spiro atoms. The molecule has 2 unspecified atom stereocenters. The third-order valence-electron chi connectivity index (χ3n) is 7.90. The molecule has 0 radical (unpaired) electrons. The zero-order valence-electron chi connectivity index (χ0n) is 22.1. The van der Waals surface area contributed by atoms with E-state index in [0.717, 1.165) is 53.6 Å². The zero-order valence-corrected chi connectivity index (χ0v) is 22.1. The number of rotatable bonds is 6. The number of ether oxygens (including phenoxy) is 1. The molecule has 9 nitrogen and oxygen atoms in total. The van der Waals surface area contributed by atoms with Crippen LogP contribution in [0.15, 0.2) is 48.7 Å². The van der Waals surface area contributed by atoms with E-state index in [0.29, 0.717) is 24.3 Å². The molecule has 3 aliphatic rings. The van der Waals surface area contributed by atoms with Crippen molar-refractivity contribution >= 4 is 28.5 Å². The molecular formula is C30H32N4O5. The number of fused-ring (bicyclic) bond motifs is 2.